The van der Waals surface area contributed by atoms with Crippen LogP contribution in [-0.4, -0.2) is 17.6 Å². The Kier molecular flexibility index (Phi) is 4.59. The quantitative estimate of drug-likeness (QED) is 0.528. The zero-order valence-electron chi connectivity index (χ0n) is 12.7. The summed E-state index contributed by atoms with van der Waals surface area (Å²) in [5.41, 5.74) is 9.26. The number of carbonyl (C=O) groups excluding carboxylic acids is 1. The number of H-pyrrole nitrogens is 1. The smallest absolute Gasteiger partial charge is 0.316 e. The lowest BCUT2D eigenvalue weighted by atomic mass is 10.1. The molecule has 0 aliphatic rings. The summed E-state index contributed by atoms with van der Waals surface area (Å²) in [6.45, 7) is 1.56. The Balaban J connectivity index is 1.53. The van der Waals surface area contributed by atoms with Crippen LogP contribution < -0.4 is 16.4 Å². The van der Waals surface area contributed by atoms with E-state index < -0.39 is 6.03 Å². The molecule has 0 aliphatic carbocycles. The Bertz CT molecular complexity index is 809. The van der Waals surface area contributed by atoms with E-state index in [1.807, 2.05) is 12.1 Å². The number of nitrogens with two attached hydrogens (primary N) is 1. The van der Waals surface area contributed by atoms with E-state index in [-0.39, 0.29) is 0 Å². The number of para-hydroxylation sites is 1. The zero-order chi connectivity index (χ0) is 16.1. The topological polar surface area (TPSA) is 82.9 Å². The van der Waals surface area contributed by atoms with Gasteiger partial charge in [-0.25, -0.2) is 4.79 Å². The van der Waals surface area contributed by atoms with Gasteiger partial charge in [0.1, 0.15) is 0 Å². The number of anilines is 1. The molecule has 23 heavy (non-hydrogen) atoms. The molecule has 2 amide bonds. The minimum absolute atomic E-state index is 0.561. The van der Waals surface area contributed by atoms with Crippen LogP contribution in [0.3, 0.4) is 0 Å². The van der Waals surface area contributed by atoms with Crippen LogP contribution in [0.2, 0.25) is 0 Å². The van der Waals surface area contributed by atoms with Crippen molar-refractivity contribution in [3.63, 3.8) is 0 Å². The first-order valence-corrected chi connectivity index (χ1v) is 7.55. The second-order valence-corrected chi connectivity index (χ2v) is 5.38. The molecule has 0 atom stereocenters. The Hall–Kier alpha value is -2.79. The first kappa shape index (κ1) is 15.1. The summed E-state index contributed by atoms with van der Waals surface area (Å²) in [6, 6.07) is 16.3. The van der Waals surface area contributed by atoms with Crippen LogP contribution in [0.4, 0.5) is 10.5 Å². The maximum absolute atomic E-state index is 10.9. The van der Waals surface area contributed by atoms with Gasteiger partial charge in [0.2, 0.25) is 0 Å². The fourth-order valence-corrected chi connectivity index (χ4v) is 2.62. The number of aromatic amines is 1. The Labute approximate surface area is 134 Å². The van der Waals surface area contributed by atoms with Gasteiger partial charge in [0.05, 0.1) is 0 Å². The molecule has 0 saturated heterocycles. The molecular weight excluding hydrogens is 288 g/mol. The monoisotopic (exact) mass is 307 g/mol. The highest BCUT2D eigenvalue weighted by Crippen LogP contribution is 2.17. The van der Waals surface area contributed by atoms with Crippen LogP contribution in [0.25, 0.3) is 10.9 Å². The van der Waals surface area contributed by atoms with Crippen LogP contribution in [0.15, 0.2) is 48.7 Å². The molecule has 5 heteroatoms. The largest absolute Gasteiger partial charge is 0.361 e. The van der Waals surface area contributed by atoms with Crippen molar-refractivity contribution in [2.45, 2.75) is 13.0 Å². The molecule has 1 radical (unpaired) electrons. The predicted molar refractivity (Wildman–Crippen MR) is 92.2 cm³/mol. The highest BCUT2D eigenvalue weighted by molar-refractivity contribution is 5.87. The number of benzene rings is 2. The Morgan fingerprint density at radius 2 is 2.13 bits per heavy atom. The summed E-state index contributed by atoms with van der Waals surface area (Å²) < 4.78 is 0. The number of hydrogen-bond acceptors (Lipinski definition) is 2. The van der Waals surface area contributed by atoms with Crippen molar-refractivity contribution in [1.29, 1.82) is 0 Å². The number of urea groups is 1. The highest BCUT2D eigenvalue weighted by atomic mass is 16.2. The van der Waals surface area contributed by atoms with Crippen LogP contribution in [0.1, 0.15) is 11.1 Å². The molecule has 0 unspecified atom stereocenters. The zero-order valence-corrected chi connectivity index (χ0v) is 12.7. The number of rotatable bonds is 6. The van der Waals surface area contributed by atoms with Gasteiger partial charge < -0.3 is 21.4 Å². The summed E-state index contributed by atoms with van der Waals surface area (Å²) in [6.07, 6.45) is 3.01. The number of fused-ring (bicyclic) bond motifs is 1. The van der Waals surface area contributed by atoms with Crippen LogP contribution >= 0.6 is 0 Å². The fraction of sp³-hybridized carbons (Fsp3) is 0.167. The molecule has 5 N–H and O–H groups in total. The normalized spacial score (nSPS) is 10.8. The van der Waals surface area contributed by atoms with E-state index in [1.54, 1.807) is 12.1 Å². The first-order chi connectivity index (χ1) is 11.2. The van der Waals surface area contributed by atoms with E-state index >= 15 is 0 Å². The van der Waals surface area contributed by atoms with E-state index in [1.165, 1.54) is 16.5 Å². The summed E-state index contributed by atoms with van der Waals surface area (Å²) in [5.74, 6) is 0. The Morgan fingerprint density at radius 3 is 3.00 bits per heavy atom. The number of hydrogen-bond donors (Lipinski definition) is 4. The standard InChI is InChI=1S/C18H19N4O/c19-18(23)22-15-5-3-4-13(10-15)11-20-9-8-14-12-21-17-7-2-1-6-16(14)17/h1-3,5-7,10,12,20-21H,8-9,11H2,(H3,19,22,23). The number of amides is 2. The molecule has 3 rings (SSSR count). The van der Waals surface area contributed by atoms with Crippen molar-refractivity contribution in [2.75, 3.05) is 11.9 Å². The summed E-state index contributed by atoms with van der Waals surface area (Å²) in [7, 11) is 0. The SMILES string of the molecule is NC(=O)Nc1cc[c]c(CNCCc2c[nH]c3ccccc23)c1. The maximum atomic E-state index is 10.9. The number of carbonyl (C=O) groups is 1. The van der Waals surface area contributed by atoms with Gasteiger partial charge in [-0.15, -0.1) is 0 Å². The lowest BCUT2D eigenvalue weighted by Gasteiger charge is -2.07. The molecule has 0 saturated carbocycles. The van der Waals surface area contributed by atoms with E-state index in [4.69, 9.17) is 5.73 Å². The second kappa shape index (κ2) is 6.98. The summed E-state index contributed by atoms with van der Waals surface area (Å²) in [4.78, 5) is 14.1. The van der Waals surface area contributed by atoms with Crippen molar-refractivity contribution in [2.24, 2.45) is 5.73 Å². The van der Waals surface area contributed by atoms with E-state index in [2.05, 4.69) is 46.1 Å². The highest BCUT2D eigenvalue weighted by Gasteiger charge is 2.03. The lowest BCUT2D eigenvalue weighted by molar-refractivity contribution is 0.259. The number of primary amides is 1. The van der Waals surface area contributed by atoms with Gasteiger partial charge in [-0.05, 0) is 48.4 Å². The third-order valence-corrected chi connectivity index (χ3v) is 3.69. The van der Waals surface area contributed by atoms with Crippen LogP contribution in [-0.2, 0) is 13.0 Å². The van der Waals surface area contributed by atoms with E-state index in [0.717, 1.165) is 18.5 Å². The molecule has 1 heterocycles. The van der Waals surface area contributed by atoms with Gasteiger partial charge in [0, 0.05) is 29.3 Å². The maximum Gasteiger partial charge on any atom is 0.316 e. The van der Waals surface area contributed by atoms with Gasteiger partial charge in [0.15, 0.2) is 0 Å². The average molecular weight is 307 g/mol. The van der Waals surface area contributed by atoms with Gasteiger partial charge in [0.25, 0.3) is 0 Å². The third-order valence-electron chi connectivity index (χ3n) is 3.69. The number of nitrogens with one attached hydrogen (secondary N) is 3. The van der Waals surface area contributed by atoms with Gasteiger partial charge in [-0.3, -0.25) is 0 Å². The molecule has 0 fully saturated rings. The Morgan fingerprint density at radius 1 is 1.26 bits per heavy atom. The molecule has 2 aromatic carbocycles. The summed E-state index contributed by atoms with van der Waals surface area (Å²) >= 11 is 0. The molecule has 117 valence electrons. The van der Waals surface area contributed by atoms with E-state index in [9.17, 15) is 4.79 Å². The average Bonchev–Trinajstić information content (AvgIpc) is 2.95. The minimum atomic E-state index is -0.561. The minimum Gasteiger partial charge on any atom is -0.361 e. The molecule has 0 spiro atoms. The van der Waals surface area contributed by atoms with Gasteiger partial charge in [-0.2, -0.15) is 0 Å². The molecule has 5 nitrogen and oxygen atoms in total. The van der Waals surface area contributed by atoms with Crippen molar-refractivity contribution in [3.05, 3.63) is 65.9 Å². The molecular formula is C18H19N4O. The van der Waals surface area contributed by atoms with Gasteiger partial charge >= 0.3 is 6.03 Å². The summed E-state index contributed by atoms with van der Waals surface area (Å²) in [5, 5.41) is 7.23. The van der Waals surface area contributed by atoms with Crippen molar-refractivity contribution in [1.82, 2.24) is 10.3 Å². The van der Waals surface area contributed by atoms with Crippen LogP contribution in [0.5, 0.6) is 0 Å². The van der Waals surface area contributed by atoms with Crippen molar-refractivity contribution >= 4 is 22.6 Å². The van der Waals surface area contributed by atoms with E-state index in [0.29, 0.717) is 12.2 Å². The van der Waals surface area contributed by atoms with Crippen molar-refractivity contribution < 1.29 is 4.79 Å². The molecule has 3 aromatic rings. The second-order valence-electron chi connectivity index (χ2n) is 5.38. The van der Waals surface area contributed by atoms with Crippen LogP contribution in [0, 0.1) is 6.07 Å². The fourth-order valence-electron chi connectivity index (χ4n) is 2.62. The van der Waals surface area contributed by atoms with Crippen molar-refractivity contribution in [3.8, 4) is 0 Å². The first-order valence-electron chi connectivity index (χ1n) is 7.55. The molecule has 0 bridgehead atoms. The lowest BCUT2D eigenvalue weighted by Crippen LogP contribution is -2.20. The molecule has 1 aromatic heterocycles. The number of aromatic nitrogens is 1. The van der Waals surface area contributed by atoms with Gasteiger partial charge in [-0.1, -0.05) is 24.3 Å². The molecule has 0 aliphatic heterocycles. The third kappa shape index (κ3) is 3.90. The predicted octanol–water partition coefficient (Wildman–Crippen LogP) is 2.79.